The van der Waals surface area contributed by atoms with Gasteiger partial charge >= 0.3 is 0 Å². The molecule has 0 aromatic carbocycles. The molecule has 0 radical (unpaired) electrons. The number of carbonyl (C=O) groups is 1. The molecule has 2 unspecified atom stereocenters. The summed E-state index contributed by atoms with van der Waals surface area (Å²) in [7, 11) is 0. The Bertz CT molecular complexity index is 240. The van der Waals surface area contributed by atoms with E-state index in [2.05, 4.69) is 24.2 Å². The van der Waals surface area contributed by atoms with Crippen LogP contribution in [0.25, 0.3) is 0 Å². The number of nitrogens with one attached hydrogen (secondary N) is 1. The number of aliphatic imine (C=N–C) groups is 1. The standard InChI is InChI=1S/C10H18N2OS/c1-4-7(3)14-6-9-11-8(5-2)10(13)12-9/h7-8H,4-6H2,1-3H3,(H,11,12,13). The molecule has 0 aromatic rings. The Morgan fingerprint density at radius 1 is 1.57 bits per heavy atom. The summed E-state index contributed by atoms with van der Waals surface area (Å²) in [5, 5.41) is 3.46. The second kappa shape index (κ2) is 5.39. The predicted molar refractivity (Wildman–Crippen MR) is 61.9 cm³/mol. The summed E-state index contributed by atoms with van der Waals surface area (Å²) in [6.07, 6.45) is 1.95. The topological polar surface area (TPSA) is 41.5 Å². The molecule has 3 nitrogen and oxygen atoms in total. The van der Waals surface area contributed by atoms with Crippen LogP contribution in [0.1, 0.15) is 33.6 Å². The molecule has 0 fully saturated rings. The van der Waals surface area contributed by atoms with E-state index >= 15 is 0 Å². The number of hydrogen-bond donors (Lipinski definition) is 1. The molecule has 0 bridgehead atoms. The van der Waals surface area contributed by atoms with Gasteiger partial charge in [0.15, 0.2) is 0 Å². The average molecular weight is 214 g/mol. The van der Waals surface area contributed by atoms with Crippen LogP contribution in [0.5, 0.6) is 0 Å². The predicted octanol–water partition coefficient (Wildman–Crippen LogP) is 1.82. The smallest absolute Gasteiger partial charge is 0.250 e. The minimum absolute atomic E-state index is 0.0623. The zero-order valence-electron chi connectivity index (χ0n) is 9.04. The van der Waals surface area contributed by atoms with E-state index in [9.17, 15) is 4.79 Å². The molecule has 1 N–H and O–H groups in total. The molecule has 1 rings (SSSR count). The molecular formula is C10H18N2OS. The van der Waals surface area contributed by atoms with Gasteiger partial charge in [0.1, 0.15) is 11.9 Å². The largest absolute Gasteiger partial charge is 0.312 e. The Morgan fingerprint density at radius 2 is 2.29 bits per heavy atom. The third kappa shape index (κ3) is 3.01. The highest BCUT2D eigenvalue weighted by Crippen LogP contribution is 2.15. The van der Waals surface area contributed by atoms with Gasteiger partial charge in [-0.15, -0.1) is 0 Å². The minimum Gasteiger partial charge on any atom is -0.312 e. The van der Waals surface area contributed by atoms with Crippen molar-refractivity contribution in [2.24, 2.45) is 4.99 Å². The highest BCUT2D eigenvalue weighted by molar-refractivity contribution is 8.00. The van der Waals surface area contributed by atoms with Crippen molar-refractivity contribution >= 4 is 23.5 Å². The highest BCUT2D eigenvalue weighted by Gasteiger charge is 2.24. The van der Waals surface area contributed by atoms with E-state index in [1.165, 1.54) is 0 Å². The van der Waals surface area contributed by atoms with E-state index in [4.69, 9.17) is 0 Å². The summed E-state index contributed by atoms with van der Waals surface area (Å²) >= 11 is 1.84. The molecule has 1 heterocycles. The first-order chi connectivity index (χ1) is 6.67. The molecule has 14 heavy (non-hydrogen) atoms. The van der Waals surface area contributed by atoms with Gasteiger partial charge in [-0.1, -0.05) is 20.8 Å². The Labute approximate surface area is 89.7 Å². The van der Waals surface area contributed by atoms with Gasteiger partial charge in [0.05, 0.1) is 5.75 Å². The van der Waals surface area contributed by atoms with Gasteiger partial charge in [0, 0.05) is 5.25 Å². The fraction of sp³-hybridized carbons (Fsp3) is 0.800. The van der Waals surface area contributed by atoms with E-state index in [0.717, 1.165) is 24.4 Å². The van der Waals surface area contributed by atoms with Gasteiger partial charge in [-0.25, -0.2) is 0 Å². The van der Waals surface area contributed by atoms with Crippen molar-refractivity contribution in [3.05, 3.63) is 0 Å². The van der Waals surface area contributed by atoms with Crippen molar-refractivity contribution in [2.45, 2.75) is 44.9 Å². The van der Waals surface area contributed by atoms with Gasteiger partial charge < -0.3 is 5.32 Å². The molecule has 0 saturated carbocycles. The number of nitrogens with zero attached hydrogens (tertiary/aromatic N) is 1. The molecular weight excluding hydrogens is 196 g/mol. The molecule has 0 aliphatic carbocycles. The van der Waals surface area contributed by atoms with Crippen molar-refractivity contribution in [2.75, 3.05) is 5.75 Å². The zero-order valence-corrected chi connectivity index (χ0v) is 9.86. The van der Waals surface area contributed by atoms with E-state index in [-0.39, 0.29) is 11.9 Å². The Balaban J connectivity index is 2.36. The highest BCUT2D eigenvalue weighted by atomic mass is 32.2. The van der Waals surface area contributed by atoms with Gasteiger partial charge in [0.2, 0.25) is 5.91 Å². The molecule has 1 aliphatic heterocycles. The molecule has 1 aliphatic rings. The molecule has 0 spiro atoms. The third-order valence-electron chi connectivity index (χ3n) is 2.35. The third-order valence-corrected chi connectivity index (χ3v) is 3.69. The second-order valence-electron chi connectivity index (χ2n) is 3.52. The normalized spacial score (nSPS) is 23.2. The maximum Gasteiger partial charge on any atom is 0.250 e. The van der Waals surface area contributed by atoms with Crippen molar-refractivity contribution in [1.29, 1.82) is 0 Å². The number of amides is 1. The fourth-order valence-corrected chi connectivity index (χ4v) is 2.02. The number of rotatable bonds is 5. The summed E-state index contributed by atoms with van der Waals surface area (Å²) in [6.45, 7) is 6.35. The van der Waals surface area contributed by atoms with Crippen molar-refractivity contribution in [3.8, 4) is 0 Å². The first-order valence-electron chi connectivity index (χ1n) is 5.16. The summed E-state index contributed by atoms with van der Waals surface area (Å²) in [4.78, 5) is 15.6. The Morgan fingerprint density at radius 3 is 2.79 bits per heavy atom. The summed E-state index contributed by atoms with van der Waals surface area (Å²) in [5.74, 6) is 1.75. The maximum absolute atomic E-state index is 11.3. The van der Waals surface area contributed by atoms with Crippen LogP contribution in [-0.2, 0) is 4.79 Å². The Hall–Kier alpha value is -0.510. The second-order valence-corrected chi connectivity index (χ2v) is 4.95. The van der Waals surface area contributed by atoms with Crippen LogP contribution >= 0.6 is 11.8 Å². The van der Waals surface area contributed by atoms with Gasteiger partial charge in [-0.2, -0.15) is 11.8 Å². The lowest BCUT2D eigenvalue weighted by Gasteiger charge is -2.06. The molecule has 4 heteroatoms. The van der Waals surface area contributed by atoms with Crippen molar-refractivity contribution in [1.82, 2.24) is 5.32 Å². The maximum atomic E-state index is 11.3. The van der Waals surface area contributed by atoms with Gasteiger partial charge in [-0.3, -0.25) is 9.79 Å². The van der Waals surface area contributed by atoms with Crippen molar-refractivity contribution < 1.29 is 4.79 Å². The summed E-state index contributed by atoms with van der Waals surface area (Å²) in [5.41, 5.74) is 0. The van der Waals surface area contributed by atoms with Crippen LogP contribution in [0.2, 0.25) is 0 Å². The number of amidine groups is 1. The number of hydrogen-bond acceptors (Lipinski definition) is 3. The van der Waals surface area contributed by atoms with E-state index in [1.807, 2.05) is 18.7 Å². The summed E-state index contributed by atoms with van der Waals surface area (Å²) < 4.78 is 0. The van der Waals surface area contributed by atoms with Crippen LogP contribution in [-0.4, -0.2) is 28.8 Å². The van der Waals surface area contributed by atoms with Crippen LogP contribution < -0.4 is 5.32 Å². The van der Waals surface area contributed by atoms with E-state index in [1.54, 1.807) is 0 Å². The van der Waals surface area contributed by atoms with Gasteiger partial charge in [0.25, 0.3) is 0 Å². The van der Waals surface area contributed by atoms with Crippen LogP contribution in [0.15, 0.2) is 4.99 Å². The lowest BCUT2D eigenvalue weighted by molar-refractivity contribution is -0.120. The fourth-order valence-electron chi connectivity index (χ4n) is 1.19. The lowest BCUT2D eigenvalue weighted by atomic mass is 10.2. The van der Waals surface area contributed by atoms with Crippen LogP contribution in [0.4, 0.5) is 0 Å². The lowest BCUT2D eigenvalue weighted by Crippen LogP contribution is -2.29. The SMILES string of the molecule is CCC(C)SCC1=NC(CC)C(=O)N1. The molecule has 0 saturated heterocycles. The monoisotopic (exact) mass is 214 g/mol. The number of carbonyl (C=O) groups excluding carboxylic acids is 1. The van der Waals surface area contributed by atoms with Crippen molar-refractivity contribution in [3.63, 3.8) is 0 Å². The van der Waals surface area contributed by atoms with Crippen LogP contribution in [0.3, 0.4) is 0 Å². The van der Waals surface area contributed by atoms with E-state index < -0.39 is 0 Å². The summed E-state index contributed by atoms with van der Waals surface area (Å²) in [6, 6.07) is -0.137. The van der Waals surface area contributed by atoms with Gasteiger partial charge in [-0.05, 0) is 12.8 Å². The average Bonchev–Trinajstić information content (AvgIpc) is 2.55. The molecule has 0 aromatic heterocycles. The minimum atomic E-state index is -0.137. The first kappa shape index (κ1) is 11.6. The molecule has 2 atom stereocenters. The molecule has 1 amide bonds. The van der Waals surface area contributed by atoms with Crippen LogP contribution in [0, 0.1) is 0 Å². The Kier molecular flexibility index (Phi) is 4.45. The zero-order chi connectivity index (χ0) is 10.6. The number of thioether (sulfide) groups is 1. The van der Waals surface area contributed by atoms with E-state index in [0.29, 0.717) is 5.25 Å². The molecule has 80 valence electrons. The quantitative estimate of drug-likeness (QED) is 0.758. The first-order valence-corrected chi connectivity index (χ1v) is 6.21.